The van der Waals surface area contributed by atoms with Gasteiger partial charge in [0.05, 0.1) is 24.3 Å². The highest BCUT2D eigenvalue weighted by molar-refractivity contribution is 6.07. The van der Waals surface area contributed by atoms with E-state index in [9.17, 15) is 14.9 Å². The van der Waals surface area contributed by atoms with Crippen LogP contribution in [-0.4, -0.2) is 37.2 Å². The van der Waals surface area contributed by atoms with E-state index in [1.165, 1.54) is 18.2 Å². The van der Waals surface area contributed by atoms with Gasteiger partial charge in [-0.3, -0.25) is 19.9 Å². The number of ether oxygens (including phenoxy) is 1. The number of amides is 1. The Morgan fingerprint density at radius 3 is 2.73 bits per heavy atom. The summed E-state index contributed by atoms with van der Waals surface area (Å²) in [6.07, 6.45) is 4.78. The van der Waals surface area contributed by atoms with Gasteiger partial charge >= 0.3 is 0 Å². The first-order valence-corrected chi connectivity index (χ1v) is 8.00. The average molecular weight is 351 g/mol. The zero-order valence-corrected chi connectivity index (χ0v) is 14.2. The molecule has 0 spiro atoms. The van der Waals surface area contributed by atoms with E-state index in [1.54, 1.807) is 30.4 Å². The second-order valence-corrected chi connectivity index (χ2v) is 5.63. The van der Waals surface area contributed by atoms with Crippen LogP contribution >= 0.6 is 0 Å². The van der Waals surface area contributed by atoms with Crippen molar-refractivity contribution in [1.82, 2.24) is 0 Å². The van der Waals surface area contributed by atoms with Crippen LogP contribution < -0.4 is 9.64 Å². The lowest BCUT2D eigenvalue weighted by Crippen LogP contribution is -2.31. The SMILES string of the molecule is COc1ccc(/C=C/C(=O)N2CCN=Cc3cc([N+](=O)[O-])ccc32)cc1. The van der Waals surface area contributed by atoms with E-state index in [-0.39, 0.29) is 11.6 Å². The second kappa shape index (κ2) is 7.60. The summed E-state index contributed by atoms with van der Waals surface area (Å²) in [5, 5.41) is 11.0. The molecular weight excluding hydrogens is 334 g/mol. The number of aliphatic imine (C=N–C) groups is 1. The number of anilines is 1. The first kappa shape index (κ1) is 17.3. The molecule has 0 aliphatic carbocycles. The number of rotatable bonds is 4. The molecule has 132 valence electrons. The van der Waals surface area contributed by atoms with E-state index >= 15 is 0 Å². The molecule has 0 unspecified atom stereocenters. The molecule has 0 saturated heterocycles. The number of hydrogen-bond donors (Lipinski definition) is 0. The topological polar surface area (TPSA) is 85.0 Å². The van der Waals surface area contributed by atoms with Crippen molar-refractivity contribution < 1.29 is 14.5 Å². The molecule has 0 aromatic heterocycles. The monoisotopic (exact) mass is 351 g/mol. The van der Waals surface area contributed by atoms with Crippen LogP contribution in [0, 0.1) is 10.1 Å². The molecule has 3 rings (SSSR count). The van der Waals surface area contributed by atoms with Gasteiger partial charge in [-0.25, -0.2) is 0 Å². The van der Waals surface area contributed by atoms with E-state index in [0.717, 1.165) is 11.3 Å². The predicted octanol–water partition coefficient (Wildman–Crippen LogP) is 3.08. The third-order valence-electron chi connectivity index (χ3n) is 4.00. The maximum Gasteiger partial charge on any atom is 0.270 e. The number of fused-ring (bicyclic) bond motifs is 1. The van der Waals surface area contributed by atoms with Crippen molar-refractivity contribution in [2.45, 2.75) is 0 Å². The molecule has 7 heteroatoms. The lowest BCUT2D eigenvalue weighted by molar-refractivity contribution is -0.384. The van der Waals surface area contributed by atoms with Gasteiger partial charge in [0.25, 0.3) is 11.6 Å². The van der Waals surface area contributed by atoms with Crippen molar-refractivity contribution in [2.24, 2.45) is 4.99 Å². The highest BCUT2D eigenvalue weighted by atomic mass is 16.6. The van der Waals surface area contributed by atoms with Crippen molar-refractivity contribution in [2.75, 3.05) is 25.1 Å². The Balaban J connectivity index is 1.83. The van der Waals surface area contributed by atoms with Crippen LogP contribution in [0.15, 0.2) is 53.5 Å². The van der Waals surface area contributed by atoms with E-state index in [2.05, 4.69) is 4.99 Å². The van der Waals surface area contributed by atoms with Crippen molar-refractivity contribution in [1.29, 1.82) is 0 Å². The van der Waals surface area contributed by atoms with Crippen molar-refractivity contribution in [3.05, 3.63) is 69.8 Å². The first-order chi connectivity index (χ1) is 12.6. The maximum atomic E-state index is 12.7. The lowest BCUT2D eigenvalue weighted by atomic mass is 10.1. The minimum Gasteiger partial charge on any atom is -0.497 e. The van der Waals surface area contributed by atoms with Gasteiger partial charge in [0.1, 0.15) is 5.75 Å². The molecule has 0 N–H and O–H groups in total. The van der Waals surface area contributed by atoms with Gasteiger partial charge in [-0.15, -0.1) is 0 Å². The summed E-state index contributed by atoms with van der Waals surface area (Å²) in [5.41, 5.74) is 2.01. The normalized spacial score (nSPS) is 13.3. The minimum atomic E-state index is -0.464. The third kappa shape index (κ3) is 3.77. The molecule has 0 atom stereocenters. The lowest BCUT2D eigenvalue weighted by Gasteiger charge is -2.20. The molecular formula is C19H17N3O4. The molecule has 26 heavy (non-hydrogen) atoms. The first-order valence-electron chi connectivity index (χ1n) is 8.00. The van der Waals surface area contributed by atoms with Crippen LogP contribution in [0.25, 0.3) is 6.08 Å². The number of carbonyl (C=O) groups is 1. The quantitative estimate of drug-likeness (QED) is 0.481. The van der Waals surface area contributed by atoms with Gasteiger partial charge in [0.2, 0.25) is 0 Å². The van der Waals surface area contributed by atoms with E-state index in [1.807, 2.05) is 24.3 Å². The Morgan fingerprint density at radius 2 is 2.04 bits per heavy atom. The molecule has 0 fully saturated rings. The van der Waals surface area contributed by atoms with Gasteiger partial charge in [0.15, 0.2) is 0 Å². The summed E-state index contributed by atoms with van der Waals surface area (Å²) in [6.45, 7) is 0.845. The van der Waals surface area contributed by atoms with E-state index in [0.29, 0.717) is 24.3 Å². The Hall–Kier alpha value is -3.48. The number of methoxy groups -OCH3 is 1. The summed E-state index contributed by atoms with van der Waals surface area (Å²) in [7, 11) is 1.59. The number of nitro groups is 1. The van der Waals surface area contributed by atoms with Crippen molar-refractivity contribution in [3.63, 3.8) is 0 Å². The molecule has 7 nitrogen and oxygen atoms in total. The number of carbonyl (C=O) groups excluding carboxylic acids is 1. The summed E-state index contributed by atoms with van der Waals surface area (Å²) in [4.78, 5) is 28.9. The second-order valence-electron chi connectivity index (χ2n) is 5.63. The molecule has 0 saturated carbocycles. The van der Waals surface area contributed by atoms with Gasteiger partial charge < -0.3 is 9.64 Å². The fourth-order valence-electron chi connectivity index (χ4n) is 2.65. The number of nitro benzene ring substituents is 1. The fourth-order valence-corrected chi connectivity index (χ4v) is 2.65. The fraction of sp³-hybridized carbons (Fsp3) is 0.158. The third-order valence-corrected chi connectivity index (χ3v) is 4.00. The predicted molar refractivity (Wildman–Crippen MR) is 99.9 cm³/mol. The summed E-state index contributed by atoms with van der Waals surface area (Å²) < 4.78 is 5.11. The summed E-state index contributed by atoms with van der Waals surface area (Å²) >= 11 is 0. The van der Waals surface area contributed by atoms with Crippen LogP contribution in [-0.2, 0) is 4.79 Å². The number of hydrogen-bond acceptors (Lipinski definition) is 5. The van der Waals surface area contributed by atoms with Gasteiger partial charge in [-0.05, 0) is 29.8 Å². The maximum absolute atomic E-state index is 12.7. The Labute approximate surface area is 150 Å². The molecule has 1 aliphatic heterocycles. The Morgan fingerprint density at radius 1 is 1.27 bits per heavy atom. The van der Waals surface area contributed by atoms with E-state index in [4.69, 9.17) is 4.74 Å². The number of benzodiazepines with no additional fused rings is 1. The average Bonchev–Trinajstić information content (AvgIpc) is 2.88. The molecule has 2 aromatic carbocycles. The highest BCUT2D eigenvalue weighted by Gasteiger charge is 2.20. The highest BCUT2D eigenvalue weighted by Crippen LogP contribution is 2.26. The van der Waals surface area contributed by atoms with Gasteiger partial charge in [-0.2, -0.15) is 0 Å². The number of non-ortho nitro benzene ring substituents is 1. The molecule has 0 bridgehead atoms. The zero-order valence-electron chi connectivity index (χ0n) is 14.2. The number of nitrogens with zero attached hydrogens (tertiary/aromatic N) is 3. The molecule has 1 heterocycles. The summed E-state index contributed by atoms with van der Waals surface area (Å²) in [5.74, 6) is 0.537. The van der Waals surface area contributed by atoms with Crippen LogP contribution in [0.1, 0.15) is 11.1 Å². The van der Waals surface area contributed by atoms with Crippen LogP contribution in [0.3, 0.4) is 0 Å². The van der Waals surface area contributed by atoms with Crippen LogP contribution in [0.4, 0.5) is 11.4 Å². The largest absolute Gasteiger partial charge is 0.497 e. The van der Waals surface area contributed by atoms with E-state index < -0.39 is 4.92 Å². The Bertz CT molecular complexity index is 888. The zero-order chi connectivity index (χ0) is 18.5. The van der Waals surface area contributed by atoms with Gasteiger partial charge in [0, 0.05) is 36.5 Å². The number of benzene rings is 2. The standard InChI is InChI=1S/C19H17N3O4/c1-26-17-6-2-14(3-7-17)4-9-19(23)21-11-10-20-13-15-12-16(22(24)25)5-8-18(15)21/h2-9,12-13H,10-11H2,1H3/b9-4+. The van der Waals surface area contributed by atoms with Crippen LogP contribution in [0.5, 0.6) is 5.75 Å². The minimum absolute atomic E-state index is 0.0294. The van der Waals surface area contributed by atoms with Crippen LogP contribution in [0.2, 0.25) is 0 Å². The molecule has 0 radical (unpaired) electrons. The smallest absolute Gasteiger partial charge is 0.270 e. The van der Waals surface area contributed by atoms with Crippen molar-refractivity contribution >= 4 is 29.6 Å². The Kier molecular flexibility index (Phi) is 5.07. The summed E-state index contributed by atoms with van der Waals surface area (Å²) in [6, 6.07) is 11.8. The van der Waals surface area contributed by atoms with Crippen molar-refractivity contribution in [3.8, 4) is 5.75 Å². The molecule has 2 aromatic rings. The molecule has 1 aliphatic rings. The van der Waals surface area contributed by atoms with Gasteiger partial charge in [-0.1, -0.05) is 12.1 Å². The molecule has 1 amide bonds.